The molecule has 1 fully saturated rings. The molecule has 1 saturated heterocycles. The van der Waals surface area contributed by atoms with E-state index in [1.807, 2.05) is 0 Å². The van der Waals surface area contributed by atoms with Gasteiger partial charge in [-0.3, -0.25) is 0 Å². The lowest BCUT2D eigenvalue weighted by molar-refractivity contribution is 0.186. The minimum absolute atomic E-state index is 0.654. The number of aromatic nitrogens is 2. The van der Waals surface area contributed by atoms with Gasteiger partial charge >= 0.3 is 0 Å². The Hall–Kier alpha value is -0.680. The second-order valence-electron chi connectivity index (χ2n) is 4.30. The molecule has 0 radical (unpaired) electrons. The van der Waals surface area contributed by atoms with E-state index in [0.717, 1.165) is 18.3 Å². The molecule has 4 nitrogen and oxygen atoms in total. The Bertz CT molecular complexity index is 337. The lowest BCUT2D eigenvalue weighted by Gasteiger charge is -2.38. The van der Waals surface area contributed by atoms with Gasteiger partial charge in [-0.1, -0.05) is 0 Å². The molecule has 5 heteroatoms. The van der Waals surface area contributed by atoms with Crippen LogP contribution in [0.3, 0.4) is 0 Å². The van der Waals surface area contributed by atoms with E-state index in [9.17, 15) is 0 Å². The zero-order valence-corrected chi connectivity index (χ0v) is 9.05. The summed E-state index contributed by atoms with van der Waals surface area (Å²) in [6.07, 6.45) is 1.24. The Labute approximate surface area is 87.6 Å². The molecule has 1 N–H and O–H groups in total. The molecule has 0 aliphatic carbocycles. The number of nitrogens with one attached hydrogen (secondary N) is 1. The normalized spacial score (nSPS) is 31.8. The van der Waals surface area contributed by atoms with Crippen molar-refractivity contribution in [3.8, 4) is 0 Å². The van der Waals surface area contributed by atoms with Crippen LogP contribution in [0.15, 0.2) is 0 Å². The summed E-state index contributed by atoms with van der Waals surface area (Å²) in [5, 5.41) is 3.37. The van der Waals surface area contributed by atoms with E-state index in [-0.39, 0.29) is 0 Å². The number of hydrogen-bond acceptors (Lipinski definition) is 5. The SMILES string of the molecule is CN1CCC2c3nsnc3NCC2C1. The summed E-state index contributed by atoms with van der Waals surface area (Å²) in [6, 6.07) is 0. The Kier molecular flexibility index (Phi) is 1.95. The molecule has 1 aromatic rings. The first-order valence-electron chi connectivity index (χ1n) is 5.09. The molecule has 2 unspecified atom stereocenters. The van der Waals surface area contributed by atoms with E-state index in [4.69, 9.17) is 0 Å². The predicted molar refractivity (Wildman–Crippen MR) is 56.7 cm³/mol. The molecule has 76 valence electrons. The number of anilines is 1. The topological polar surface area (TPSA) is 41.1 Å². The van der Waals surface area contributed by atoms with Crippen LogP contribution in [0.5, 0.6) is 0 Å². The van der Waals surface area contributed by atoms with Gasteiger partial charge in [0.05, 0.1) is 11.7 Å². The van der Waals surface area contributed by atoms with Gasteiger partial charge in [-0.05, 0) is 25.9 Å². The summed E-state index contributed by atoms with van der Waals surface area (Å²) in [7, 11) is 2.20. The van der Waals surface area contributed by atoms with Crippen molar-refractivity contribution in [1.82, 2.24) is 13.6 Å². The zero-order valence-electron chi connectivity index (χ0n) is 8.23. The number of hydrogen-bond donors (Lipinski definition) is 1. The van der Waals surface area contributed by atoms with E-state index in [2.05, 4.69) is 26.0 Å². The Morgan fingerprint density at radius 2 is 2.43 bits per heavy atom. The smallest absolute Gasteiger partial charge is 0.163 e. The summed E-state index contributed by atoms with van der Waals surface area (Å²) in [6.45, 7) is 3.44. The highest BCUT2D eigenvalue weighted by Gasteiger charge is 2.35. The standard InChI is InChI=1S/C9H14N4S/c1-13-3-2-7-6(5-13)4-10-9-8(7)11-14-12-9/h6-7H,2-5H2,1H3,(H,10,12). The van der Waals surface area contributed by atoms with Crippen LogP contribution >= 0.6 is 11.7 Å². The summed E-state index contributed by atoms with van der Waals surface area (Å²) in [4.78, 5) is 2.41. The molecule has 0 amide bonds. The molecule has 0 bridgehead atoms. The number of likely N-dealkylation sites (tertiary alicyclic amines) is 1. The molecule has 1 aromatic heterocycles. The molecule has 3 heterocycles. The first kappa shape index (κ1) is 8.61. The van der Waals surface area contributed by atoms with Crippen LogP contribution in [0.2, 0.25) is 0 Å². The second kappa shape index (κ2) is 3.17. The van der Waals surface area contributed by atoms with Crippen LogP contribution in [0.25, 0.3) is 0 Å². The number of fused-ring (bicyclic) bond motifs is 3. The largest absolute Gasteiger partial charge is 0.367 e. The Balaban J connectivity index is 1.91. The predicted octanol–water partition coefficient (Wildman–Crippen LogP) is 0.999. The van der Waals surface area contributed by atoms with Gasteiger partial charge in [0.2, 0.25) is 0 Å². The van der Waals surface area contributed by atoms with Gasteiger partial charge in [0.15, 0.2) is 5.82 Å². The second-order valence-corrected chi connectivity index (χ2v) is 4.82. The van der Waals surface area contributed by atoms with Crippen LogP contribution < -0.4 is 5.32 Å². The average molecular weight is 210 g/mol. The van der Waals surface area contributed by atoms with Crippen molar-refractivity contribution in [3.05, 3.63) is 5.69 Å². The molecule has 3 rings (SSSR count). The van der Waals surface area contributed by atoms with Crippen molar-refractivity contribution in [2.45, 2.75) is 12.3 Å². The van der Waals surface area contributed by atoms with Crippen molar-refractivity contribution in [2.24, 2.45) is 5.92 Å². The fourth-order valence-corrected chi connectivity index (χ4v) is 3.16. The quantitative estimate of drug-likeness (QED) is 0.693. The molecule has 2 atom stereocenters. The highest BCUT2D eigenvalue weighted by Crippen LogP contribution is 2.38. The maximum Gasteiger partial charge on any atom is 0.163 e. The van der Waals surface area contributed by atoms with Crippen LogP contribution in [0.4, 0.5) is 5.82 Å². The van der Waals surface area contributed by atoms with Crippen molar-refractivity contribution in [3.63, 3.8) is 0 Å². The van der Waals surface area contributed by atoms with Crippen LogP contribution in [0.1, 0.15) is 18.0 Å². The average Bonchev–Trinajstić information content (AvgIpc) is 2.65. The van der Waals surface area contributed by atoms with Crippen molar-refractivity contribution < 1.29 is 0 Å². The van der Waals surface area contributed by atoms with Crippen LogP contribution in [-0.4, -0.2) is 40.3 Å². The summed E-state index contributed by atoms with van der Waals surface area (Å²) >= 11 is 1.34. The fraction of sp³-hybridized carbons (Fsp3) is 0.778. The molecule has 0 saturated carbocycles. The molecule has 0 spiro atoms. The number of piperidine rings is 1. The van der Waals surface area contributed by atoms with Gasteiger partial charge in [-0.25, -0.2) is 0 Å². The van der Waals surface area contributed by atoms with E-state index >= 15 is 0 Å². The third-order valence-corrected chi connectivity index (χ3v) is 3.88. The van der Waals surface area contributed by atoms with Gasteiger partial charge < -0.3 is 10.2 Å². The van der Waals surface area contributed by atoms with Crippen LogP contribution in [0, 0.1) is 5.92 Å². The van der Waals surface area contributed by atoms with E-state index in [1.54, 1.807) is 0 Å². The fourth-order valence-electron chi connectivity index (χ4n) is 2.57. The zero-order chi connectivity index (χ0) is 9.54. The third kappa shape index (κ3) is 1.23. The lowest BCUT2D eigenvalue weighted by atomic mass is 9.81. The molecular weight excluding hydrogens is 196 g/mol. The Morgan fingerprint density at radius 1 is 1.50 bits per heavy atom. The lowest BCUT2D eigenvalue weighted by Crippen LogP contribution is -2.42. The number of nitrogens with zero attached hydrogens (tertiary/aromatic N) is 3. The van der Waals surface area contributed by atoms with Crippen molar-refractivity contribution in [1.29, 1.82) is 0 Å². The highest BCUT2D eigenvalue weighted by molar-refractivity contribution is 6.99. The molecule has 2 aliphatic heterocycles. The first-order valence-corrected chi connectivity index (χ1v) is 5.82. The van der Waals surface area contributed by atoms with Gasteiger partial charge in [-0.15, -0.1) is 0 Å². The summed E-state index contributed by atoms with van der Waals surface area (Å²) < 4.78 is 8.69. The van der Waals surface area contributed by atoms with Gasteiger partial charge in [0, 0.05) is 19.0 Å². The maximum absolute atomic E-state index is 4.42. The van der Waals surface area contributed by atoms with E-state index in [1.165, 1.54) is 36.9 Å². The van der Waals surface area contributed by atoms with Gasteiger partial charge in [-0.2, -0.15) is 8.75 Å². The number of rotatable bonds is 0. The Morgan fingerprint density at radius 3 is 3.36 bits per heavy atom. The third-order valence-electron chi connectivity index (χ3n) is 3.33. The minimum atomic E-state index is 0.654. The summed E-state index contributed by atoms with van der Waals surface area (Å²) in [5.74, 6) is 2.42. The molecule has 14 heavy (non-hydrogen) atoms. The van der Waals surface area contributed by atoms with Crippen molar-refractivity contribution in [2.75, 3.05) is 32.0 Å². The van der Waals surface area contributed by atoms with Crippen LogP contribution in [-0.2, 0) is 0 Å². The van der Waals surface area contributed by atoms with E-state index in [0.29, 0.717) is 5.92 Å². The van der Waals surface area contributed by atoms with E-state index < -0.39 is 0 Å². The highest BCUT2D eigenvalue weighted by atomic mass is 32.1. The molecule has 0 aromatic carbocycles. The van der Waals surface area contributed by atoms with Gasteiger partial charge in [0.1, 0.15) is 5.69 Å². The van der Waals surface area contributed by atoms with Gasteiger partial charge in [0.25, 0.3) is 0 Å². The monoisotopic (exact) mass is 210 g/mol. The minimum Gasteiger partial charge on any atom is -0.367 e. The maximum atomic E-state index is 4.42. The molecular formula is C9H14N4S. The summed E-state index contributed by atoms with van der Waals surface area (Å²) in [5.41, 5.74) is 1.22. The molecule has 2 aliphatic rings. The first-order chi connectivity index (χ1) is 6.84. The van der Waals surface area contributed by atoms with Crippen molar-refractivity contribution >= 4 is 17.5 Å².